The first-order chi connectivity index (χ1) is 17.1. The zero-order chi connectivity index (χ0) is 24.0. The lowest BCUT2D eigenvalue weighted by Gasteiger charge is -2.28. The summed E-state index contributed by atoms with van der Waals surface area (Å²) in [5.41, 5.74) is 0.463. The molecule has 1 aromatic carbocycles. The van der Waals surface area contributed by atoms with E-state index in [4.69, 9.17) is 28.4 Å². The molecule has 2 aliphatic heterocycles. The molecule has 35 heavy (non-hydrogen) atoms. The van der Waals surface area contributed by atoms with Crippen molar-refractivity contribution in [3.05, 3.63) is 29.8 Å². The summed E-state index contributed by atoms with van der Waals surface area (Å²) in [6.07, 6.45) is 8.94. The van der Waals surface area contributed by atoms with Gasteiger partial charge in [-0.2, -0.15) is 0 Å². The van der Waals surface area contributed by atoms with Gasteiger partial charge in [0.25, 0.3) is 0 Å². The first-order valence-electron chi connectivity index (χ1n) is 13.1. The summed E-state index contributed by atoms with van der Waals surface area (Å²) in [7, 11) is 0. The van der Waals surface area contributed by atoms with E-state index in [0.717, 1.165) is 77.6 Å². The number of fused-ring (bicyclic) bond motifs is 1. The summed E-state index contributed by atoms with van der Waals surface area (Å²) in [6, 6.07) is 6.62. The van der Waals surface area contributed by atoms with Crippen molar-refractivity contribution in [1.82, 2.24) is 0 Å². The van der Waals surface area contributed by atoms with E-state index in [1.807, 2.05) is 0 Å². The van der Waals surface area contributed by atoms with Gasteiger partial charge in [0.1, 0.15) is 18.0 Å². The molecule has 2 aliphatic carbocycles. The summed E-state index contributed by atoms with van der Waals surface area (Å²) >= 11 is 0. The molecule has 0 spiro atoms. The third kappa shape index (κ3) is 7.49. The third-order valence-corrected chi connectivity index (χ3v) is 7.28. The van der Waals surface area contributed by atoms with Gasteiger partial charge in [0.2, 0.25) is 0 Å². The van der Waals surface area contributed by atoms with Gasteiger partial charge in [0.15, 0.2) is 0 Å². The van der Waals surface area contributed by atoms with Crippen molar-refractivity contribution in [2.24, 2.45) is 5.92 Å². The average molecular weight is 489 g/mol. The third-order valence-electron chi connectivity index (χ3n) is 7.28. The highest BCUT2D eigenvalue weighted by Gasteiger charge is 2.46. The van der Waals surface area contributed by atoms with E-state index >= 15 is 0 Å². The van der Waals surface area contributed by atoms with E-state index in [1.54, 1.807) is 24.3 Å². The van der Waals surface area contributed by atoms with Gasteiger partial charge in [0, 0.05) is 13.2 Å². The van der Waals surface area contributed by atoms with Crippen molar-refractivity contribution in [3.63, 3.8) is 0 Å². The van der Waals surface area contributed by atoms with Crippen molar-refractivity contribution >= 4 is 11.9 Å². The number of rotatable bonds is 12. The Kier molecular flexibility index (Phi) is 8.34. The molecule has 5 rings (SSSR count). The van der Waals surface area contributed by atoms with Crippen LogP contribution in [-0.4, -0.2) is 68.9 Å². The lowest BCUT2D eigenvalue weighted by Crippen LogP contribution is -2.28. The van der Waals surface area contributed by atoms with Gasteiger partial charge < -0.3 is 28.4 Å². The Bertz CT molecular complexity index is 843. The summed E-state index contributed by atoms with van der Waals surface area (Å²) in [6.45, 7) is 3.04. The molecule has 0 N–H and O–H groups in total. The maximum atomic E-state index is 12.6. The van der Waals surface area contributed by atoms with Crippen LogP contribution in [0.2, 0.25) is 0 Å². The molecule has 8 nitrogen and oxygen atoms in total. The zero-order valence-corrected chi connectivity index (χ0v) is 20.2. The second-order valence-electron chi connectivity index (χ2n) is 10.1. The van der Waals surface area contributed by atoms with Crippen LogP contribution in [-0.2, 0) is 28.5 Å². The normalized spacial score (nSPS) is 31.3. The van der Waals surface area contributed by atoms with Crippen molar-refractivity contribution in [2.45, 2.75) is 88.3 Å². The molecule has 192 valence electrons. The number of benzene rings is 1. The topological polar surface area (TPSA) is 96.1 Å². The predicted molar refractivity (Wildman–Crippen MR) is 125 cm³/mol. The molecular weight excluding hydrogens is 452 g/mol. The van der Waals surface area contributed by atoms with E-state index in [9.17, 15) is 9.59 Å². The van der Waals surface area contributed by atoms with Crippen molar-refractivity contribution in [3.8, 4) is 5.75 Å². The molecule has 4 aliphatic rings. The Balaban J connectivity index is 0.950. The van der Waals surface area contributed by atoms with Gasteiger partial charge in [0.05, 0.1) is 43.0 Å². The molecule has 0 aromatic heterocycles. The zero-order valence-electron chi connectivity index (χ0n) is 20.2. The molecule has 2 heterocycles. The van der Waals surface area contributed by atoms with Crippen LogP contribution in [0.1, 0.15) is 68.1 Å². The number of ether oxygens (including phenoxy) is 6. The van der Waals surface area contributed by atoms with Crippen LogP contribution in [0.25, 0.3) is 0 Å². The predicted octanol–water partition coefficient (Wildman–Crippen LogP) is 3.84. The van der Waals surface area contributed by atoms with Gasteiger partial charge in [-0.15, -0.1) is 0 Å². The van der Waals surface area contributed by atoms with Crippen molar-refractivity contribution in [1.29, 1.82) is 0 Å². The van der Waals surface area contributed by atoms with Crippen molar-refractivity contribution in [2.75, 3.05) is 26.4 Å². The van der Waals surface area contributed by atoms with Crippen LogP contribution in [0, 0.1) is 5.92 Å². The summed E-state index contributed by atoms with van der Waals surface area (Å²) in [5.74, 6) is -0.214. The minimum atomic E-state index is -0.340. The molecule has 0 amide bonds. The standard InChI is InChI=1S/C27H36O8/c28-26(18-3-6-21(7-4-18)34-27(29)19-5-12-24-25(15-19)35-24)33-22-10-8-20(9-11-22)31-14-2-1-13-30-16-23-17-32-23/h3-4,6-7,19-20,22-25H,1-2,5,8-17H2. The number of esters is 2. The highest BCUT2D eigenvalue weighted by Crippen LogP contribution is 2.40. The number of unbranched alkanes of at least 4 members (excludes halogenated alkanes) is 1. The monoisotopic (exact) mass is 488 g/mol. The molecule has 2 saturated carbocycles. The largest absolute Gasteiger partial charge is 0.459 e. The fourth-order valence-electron chi connectivity index (χ4n) is 4.95. The number of hydrogen-bond acceptors (Lipinski definition) is 8. The summed E-state index contributed by atoms with van der Waals surface area (Å²) in [5, 5.41) is 0. The highest BCUT2D eigenvalue weighted by molar-refractivity contribution is 5.89. The van der Waals surface area contributed by atoms with Gasteiger partial charge in [-0.3, -0.25) is 4.79 Å². The van der Waals surface area contributed by atoms with E-state index in [1.165, 1.54) is 0 Å². The maximum absolute atomic E-state index is 12.6. The van der Waals surface area contributed by atoms with Crippen molar-refractivity contribution < 1.29 is 38.0 Å². The van der Waals surface area contributed by atoms with Crippen LogP contribution in [0.5, 0.6) is 5.75 Å². The quantitative estimate of drug-likeness (QED) is 0.190. The highest BCUT2D eigenvalue weighted by atomic mass is 16.6. The molecule has 4 unspecified atom stereocenters. The van der Waals surface area contributed by atoms with Gasteiger partial charge in [-0.25, -0.2) is 4.79 Å². The molecule has 2 saturated heterocycles. The summed E-state index contributed by atoms with van der Waals surface area (Å²) < 4.78 is 33.3. The lowest BCUT2D eigenvalue weighted by molar-refractivity contribution is -0.139. The second-order valence-corrected chi connectivity index (χ2v) is 10.1. The minimum absolute atomic E-state index is 0.0855. The molecule has 4 fully saturated rings. The minimum Gasteiger partial charge on any atom is -0.459 e. The molecular formula is C27H36O8. The van der Waals surface area contributed by atoms with Crippen LogP contribution < -0.4 is 4.74 Å². The Morgan fingerprint density at radius 1 is 0.886 bits per heavy atom. The lowest BCUT2D eigenvalue weighted by atomic mass is 9.89. The molecule has 0 radical (unpaired) electrons. The van der Waals surface area contributed by atoms with E-state index in [-0.39, 0.29) is 36.2 Å². The van der Waals surface area contributed by atoms with E-state index in [0.29, 0.717) is 30.1 Å². The number of epoxide rings is 2. The molecule has 8 heteroatoms. The Labute approximate surface area is 206 Å². The second kappa shape index (κ2) is 11.8. The van der Waals surface area contributed by atoms with Gasteiger partial charge >= 0.3 is 11.9 Å². The molecule has 0 bridgehead atoms. The molecule has 1 aromatic rings. The van der Waals surface area contributed by atoms with E-state index < -0.39 is 0 Å². The fourth-order valence-corrected chi connectivity index (χ4v) is 4.95. The number of carbonyl (C=O) groups is 2. The van der Waals surface area contributed by atoms with E-state index in [2.05, 4.69) is 0 Å². The van der Waals surface area contributed by atoms with Crippen LogP contribution in [0.15, 0.2) is 24.3 Å². The smallest absolute Gasteiger partial charge is 0.338 e. The Hall–Kier alpha value is -2.00. The maximum Gasteiger partial charge on any atom is 0.338 e. The number of hydrogen-bond donors (Lipinski definition) is 0. The van der Waals surface area contributed by atoms with Gasteiger partial charge in [-0.1, -0.05) is 0 Å². The molecule has 4 atom stereocenters. The Morgan fingerprint density at radius 2 is 1.63 bits per heavy atom. The van der Waals surface area contributed by atoms with Crippen LogP contribution >= 0.6 is 0 Å². The first kappa shape index (κ1) is 24.7. The van der Waals surface area contributed by atoms with Crippen LogP contribution in [0.3, 0.4) is 0 Å². The fraction of sp³-hybridized carbons (Fsp3) is 0.704. The van der Waals surface area contributed by atoms with Gasteiger partial charge in [-0.05, 0) is 82.1 Å². The SMILES string of the molecule is O=C(OC1CCC(OCCCCOCC2CO2)CC1)c1ccc(OC(=O)C2CCC3OC3C2)cc1. The number of carbonyl (C=O) groups excluding carboxylic acids is 2. The van der Waals surface area contributed by atoms with Crippen LogP contribution in [0.4, 0.5) is 0 Å². The Morgan fingerprint density at radius 3 is 2.37 bits per heavy atom. The average Bonchev–Trinajstić information content (AvgIpc) is 3.80. The summed E-state index contributed by atoms with van der Waals surface area (Å²) in [4.78, 5) is 25.0. The first-order valence-corrected chi connectivity index (χ1v) is 13.1.